The minimum Gasteiger partial charge on any atom is -0.484 e. The molecule has 0 aliphatic rings. The molecular weight excluding hydrogens is 432 g/mol. The normalized spacial score (nSPS) is 11.2. The van der Waals surface area contributed by atoms with E-state index in [4.69, 9.17) is 16.2 Å². The van der Waals surface area contributed by atoms with Crippen molar-refractivity contribution in [2.75, 3.05) is 25.4 Å². The molecule has 0 fully saturated rings. The van der Waals surface area contributed by atoms with Crippen LogP contribution in [0, 0.1) is 0 Å². The van der Waals surface area contributed by atoms with Crippen molar-refractivity contribution < 1.29 is 19.0 Å². The maximum atomic E-state index is 13.0. The van der Waals surface area contributed by atoms with E-state index in [0.717, 1.165) is 13.1 Å². The summed E-state index contributed by atoms with van der Waals surface area (Å²) in [5.74, 6) is -0.646. The predicted molar refractivity (Wildman–Crippen MR) is 116 cm³/mol. The molecule has 0 atom stereocenters. The van der Waals surface area contributed by atoms with E-state index in [1.165, 1.54) is 10.9 Å². The number of nitrogens with two attached hydrogens (primary N) is 2. The van der Waals surface area contributed by atoms with Crippen molar-refractivity contribution in [1.29, 1.82) is 0 Å². The van der Waals surface area contributed by atoms with E-state index >= 15 is 0 Å². The molecule has 174 valence electrons. The smallest absolute Gasteiger partial charge is 0.292 e. The molecule has 0 aliphatic carbocycles. The molecule has 14 nitrogen and oxygen atoms in total. The molecule has 3 aromatic rings. The highest BCUT2D eigenvalue weighted by Gasteiger charge is 2.25. The van der Waals surface area contributed by atoms with Gasteiger partial charge in [0.15, 0.2) is 12.3 Å². The molecule has 0 saturated carbocycles. The van der Waals surface area contributed by atoms with Crippen LogP contribution in [-0.4, -0.2) is 67.9 Å². The van der Waals surface area contributed by atoms with E-state index in [1.54, 1.807) is 24.3 Å². The zero-order chi connectivity index (χ0) is 23.8. The molecule has 2 heterocycles. The first-order valence-electron chi connectivity index (χ1n) is 10.0. The van der Waals surface area contributed by atoms with Gasteiger partial charge >= 0.3 is 0 Å². The molecule has 3 rings (SSSR count). The third-order valence-corrected chi connectivity index (χ3v) is 4.56. The molecule has 1 aromatic carbocycles. The number of ether oxygens (including phenoxy) is 1. The summed E-state index contributed by atoms with van der Waals surface area (Å²) in [7, 11) is 0. The maximum absolute atomic E-state index is 13.0. The zero-order valence-corrected chi connectivity index (χ0v) is 18.1. The van der Waals surface area contributed by atoms with Crippen molar-refractivity contribution in [2.24, 2.45) is 10.8 Å². The minimum atomic E-state index is -0.569. The van der Waals surface area contributed by atoms with Crippen LogP contribution in [-0.2, 0) is 11.3 Å². The molecule has 2 amide bonds. The quantitative estimate of drug-likeness (QED) is 0.255. The zero-order valence-electron chi connectivity index (χ0n) is 18.1. The fourth-order valence-electron chi connectivity index (χ4n) is 2.81. The number of nitrogens with one attached hydrogen (secondary N) is 1. The summed E-state index contributed by atoms with van der Waals surface area (Å²) in [6, 6.07) is 6.69. The lowest BCUT2D eigenvalue weighted by Crippen LogP contribution is -2.27. The number of hydrogen-bond donors (Lipinski definition) is 3. The van der Waals surface area contributed by atoms with Crippen molar-refractivity contribution in [3.63, 3.8) is 0 Å². The minimum absolute atomic E-state index is 0.0366. The SMILES string of the molecule is CCN(CC)Cc1nnn(-c2nonc2N)c1C(=O)N/N=C/c1ccc(OCC(N)=O)cc1. The standard InChI is InChI=1S/C19H24N10O4/c1-3-28(4-2)10-14-16(29(27-23-14)18-17(21)25-33-26-18)19(31)24-22-9-12-5-7-13(8-6-12)32-11-15(20)30/h5-9H,3-4,10-11H2,1-2H3,(H2,20,30)(H2,21,25)(H,24,31)/b22-9+. The average molecular weight is 456 g/mol. The number of nitrogen functional groups attached to an aromatic ring is 1. The Morgan fingerprint density at radius 3 is 2.58 bits per heavy atom. The Morgan fingerprint density at radius 2 is 1.97 bits per heavy atom. The van der Waals surface area contributed by atoms with E-state index in [1.807, 2.05) is 13.8 Å². The van der Waals surface area contributed by atoms with E-state index < -0.39 is 11.8 Å². The summed E-state index contributed by atoms with van der Waals surface area (Å²) >= 11 is 0. The third kappa shape index (κ3) is 5.88. The van der Waals surface area contributed by atoms with Gasteiger partial charge in [-0.15, -0.1) is 5.10 Å². The first-order chi connectivity index (χ1) is 15.9. The molecule has 0 bridgehead atoms. The number of benzene rings is 1. The van der Waals surface area contributed by atoms with Crippen LogP contribution in [0.1, 0.15) is 35.6 Å². The Hall–Kier alpha value is -4.33. The van der Waals surface area contributed by atoms with Crippen LogP contribution in [0.15, 0.2) is 34.0 Å². The van der Waals surface area contributed by atoms with Gasteiger partial charge in [0.25, 0.3) is 11.8 Å². The Labute approximate surface area is 188 Å². The summed E-state index contributed by atoms with van der Waals surface area (Å²) in [5, 5.41) is 19.3. The Balaban J connectivity index is 1.77. The largest absolute Gasteiger partial charge is 0.484 e. The lowest BCUT2D eigenvalue weighted by molar-refractivity contribution is -0.119. The van der Waals surface area contributed by atoms with E-state index in [9.17, 15) is 9.59 Å². The number of carbonyl (C=O) groups excluding carboxylic acids is 2. The molecule has 0 unspecified atom stereocenters. The maximum Gasteiger partial charge on any atom is 0.292 e. The second kappa shape index (κ2) is 10.8. The van der Waals surface area contributed by atoms with E-state index in [0.29, 0.717) is 23.6 Å². The molecule has 0 spiro atoms. The summed E-state index contributed by atoms with van der Waals surface area (Å²) < 4.78 is 11.0. The van der Waals surface area contributed by atoms with Gasteiger partial charge in [0.2, 0.25) is 11.6 Å². The van der Waals surface area contributed by atoms with Crippen molar-refractivity contribution in [3.8, 4) is 11.6 Å². The van der Waals surface area contributed by atoms with Crippen LogP contribution in [0.5, 0.6) is 5.75 Å². The molecule has 33 heavy (non-hydrogen) atoms. The van der Waals surface area contributed by atoms with E-state index in [2.05, 4.69) is 40.7 Å². The van der Waals surface area contributed by atoms with E-state index in [-0.39, 0.29) is 23.9 Å². The fourth-order valence-corrected chi connectivity index (χ4v) is 2.81. The number of anilines is 1. The lowest BCUT2D eigenvalue weighted by Gasteiger charge is -2.16. The first-order valence-corrected chi connectivity index (χ1v) is 10.0. The van der Waals surface area contributed by atoms with Gasteiger partial charge in [0.1, 0.15) is 11.4 Å². The van der Waals surface area contributed by atoms with Gasteiger partial charge in [-0.25, -0.2) is 10.1 Å². The highest BCUT2D eigenvalue weighted by Crippen LogP contribution is 2.17. The number of hydrogen-bond acceptors (Lipinski definition) is 11. The second-order valence-electron chi connectivity index (χ2n) is 6.75. The Morgan fingerprint density at radius 1 is 1.24 bits per heavy atom. The van der Waals surface area contributed by atoms with Crippen LogP contribution in [0.25, 0.3) is 5.82 Å². The van der Waals surface area contributed by atoms with Crippen LogP contribution in [0.4, 0.5) is 5.82 Å². The van der Waals surface area contributed by atoms with Gasteiger partial charge in [0, 0.05) is 6.54 Å². The molecule has 0 saturated heterocycles. The Kier molecular flexibility index (Phi) is 7.64. The summed E-state index contributed by atoms with van der Waals surface area (Å²) in [5.41, 5.74) is 14.5. The van der Waals surface area contributed by atoms with Crippen LogP contribution < -0.4 is 21.6 Å². The molecule has 14 heteroatoms. The summed E-state index contributed by atoms with van der Waals surface area (Å²) in [6.45, 7) is 5.69. The van der Waals surface area contributed by atoms with Gasteiger partial charge in [-0.2, -0.15) is 9.78 Å². The van der Waals surface area contributed by atoms with Gasteiger partial charge < -0.3 is 16.2 Å². The van der Waals surface area contributed by atoms with Crippen molar-refractivity contribution in [3.05, 3.63) is 41.2 Å². The molecule has 0 radical (unpaired) electrons. The highest BCUT2D eigenvalue weighted by molar-refractivity contribution is 5.95. The monoisotopic (exact) mass is 456 g/mol. The third-order valence-electron chi connectivity index (χ3n) is 4.56. The second-order valence-corrected chi connectivity index (χ2v) is 6.75. The predicted octanol–water partition coefficient (Wildman–Crippen LogP) is -0.298. The van der Waals surface area contributed by atoms with Gasteiger partial charge in [-0.05, 0) is 53.2 Å². The molecular formula is C19H24N10O4. The highest BCUT2D eigenvalue weighted by atomic mass is 16.6. The lowest BCUT2D eigenvalue weighted by atomic mass is 10.2. The van der Waals surface area contributed by atoms with Gasteiger partial charge in [0.05, 0.1) is 6.21 Å². The molecule has 0 aliphatic heterocycles. The van der Waals surface area contributed by atoms with Crippen molar-refractivity contribution >= 4 is 23.8 Å². The van der Waals surface area contributed by atoms with Crippen molar-refractivity contribution in [1.82, 2.24) is 35.6 Å². The van der Waals surface area contributed by atoms with Crippen LogP contribution >= 0.6 is 0 Å². The number of hydrazone groups is 1. The molecule has 2 aromatic heterocycles. The first kappa shape index (κ1) is 23.3. The number of nitrogens with zero attached hydrogens (tertiary/aromatic N) is 7. The summed E-state index contributed by atoms with van der Waals surface area (Å²) in [4.78, 5) is 25.8. The Bertz CT molecular complexity index is 1120. The number of carbonyl (C=O) groups is 2. The number of amides is 2. The molecule has 5 N–H and O–H groups in total. The summed E-state index contributed by atoms with van der Waals surface area (Å²) in [6.07, 6.45) is 1.44. The van der Waals surface area contributed by atoms with Crippen LogP contribution in [0.3, 0.4) is 0 Å². The van der Waals surface area contributed by atoms with Crippen molar-refractivity contribution in [2.45, 2.75) is 20.4 Å². The number of aromatic nitrogens is 5. The number of rotatable bonds is 11. The average Bonchev–Trinajstić information content (AvgIpc) is 3.42. The van der Waals surface area contributed by atoms with Gasteiger partial charge in [-0.1, -0.05) is 19.1 Å². The van der Waals surface area contributed by atoms with Crippen LogP contribution in [0.2, 0.25) is 0 Å². The number of primary amides is 1. The fraction of sp³-hybridized carbons (Fsp3) is 0.316. The topological polar surface area (TPSA) is 193 Å². The van der Waals surface area contributed by atoms with Gasteiger partial charge in [-0.3, -0.25) is 14.5 Å².